The summed E-state index contributed by atoms with van der Waals surface area (Å²) in [7, 11) is 2.13. The molecule has 3 nitrogen and oxygen atoms in total. The molecular formula is C18H26N2O. The minimum atomic E-state index is 0.298. The number of fused-ring (bicyclic) bond motifs is 2. The fourth-order valence-electron chi connectivity index (χ4n) is 5.06. The van der Waals surface area contributed by atoms with E-state index in [1.165, 1.54) is 44.3 Å². The minimum Gasteiger partial charge on any atom is -0.381 e. The highest BCUT2D eigenvalue weighted by molar-refractivity contribution is 5.46. The first kappa shape index (κ1) is 13.7. The number of nitrogens with zero attached hydrogens (tertiary/aromatic N) is 1. The van der Waals surface area contributed by atoms with Gasteiger partial charge in [0.2, 0.25) is 0 Å². The van der Waals surface area contributed by atoms with E-state index in [0.717, 1.165) is 13.2 Å². The Balaban J connectivity index is 1.82. The molecule has 2 atom stereocenters. The van der Waals surface area contributed by atoms with Crippen molar-refractivity contribution < 1.29 is 4.74 Å². The minimum absolute atomic E-state index is 0.298. The first-order chi connectivity index (χ1) is 10.4. The number of benzene rings is 1. The average Bonchev–Trinajstić information content (AvgIpc) is 3.14. The third-order valence-electron chi connectivity index (χ3n) is 5.94. The summed E-state index contributed by atoms with van der Waals surface area (Å²) in [5, 5.41) is 3.64. The van der Waals surface area contributed by atoms with Crippen LogP contribution in [0.25, 0.3) is 0 Å². The van der Waals surface area contributed by atoms with Crippen molar-refractivity contribution in [1.29, 1.82) is 0 Å². The normalized spacial score (nSPS) is 31.7. The van der Waals surface area contributed by atoms with Crippen LogP contribution < -0.4 is 5.32 Å². The quantitative estimate of drug-likeness (QED) is 0.904. The van der Waals surface area contributed by atoms with Gasteiger partial charge >= 0.3 is 0 Å². The molecule has 1 aliphatic carbocycles. The summed E-state index contributed by atoms with van der Waals surface area (Å²) < 4.78 is 5.71. The maximum absolute atomic E-state index is 5.71. The fourth-order valence-corrected chi connectivity index (χ4v) is 5.06. The van der Waals surface area contributed by atoms with Gasteiger partial charge in [-0.05, 0) is 56.9 Å². The van der Waals surface area contributed by atoms with Crippen molar-refractivity contribution in [2.45, 2.75) is 43.2 Å². The highest BCUT2D eigenvalue weighted by Gasteiger charge is 2.54. The molecule has 3 heteroatoms. The molecule has 0 radical (unpaired) electrons. The van der Waals surface area contributed by atoms with E-state index in [1.54, 1.807) is 5.56 Å². The van der Waals surface area contributed by atoms with Gasteiger partial charge in [-0.15, -0.1) is 0 Å². The molecule has 2 fully saturated rings. The average molecular weight is 286 g/mol. The number of hydrogen-bond donors (Lipinski definition) is 1. The van der Waals surface area contributed by atoms with Crippen LogP contribution in [0.2, 0.25) is 0 Å². The molecule has 1 aromatic rings. The monoisotopic (exact) mass is 286 g/mol. The van der Waals surface area contributed by atoms with Crippen LogP contribution in [0.15, 0.2) is 24.3 Å². The maximum Gasteiger partial charge on any atom is 0.0487 e. The summed E-state index contributed by atoms with van der Waals surface area (Å²) in [6, 6.07) is 10.2. The molecule has 0 aromatic heterocycles. The number of likely N-dealkylation sites (N-methyl/N-ethyl adjacent to an activating group) is 1. The van der Waals surface area contributed by atoms with E-state index in [0.29, 0.717) is 17.5 Å². The van der Waals surface area contributed by atoms with Gasteiger partial charge in [-0.2, -0.15) is 0 Å². The molecule has 3 aliphatic rings. The lowest BCUT2D eigenvalue weighted by Crippen LogP contribution is -2.53. The van der Waals surface area contributed by atoms with Crippen LogP contribution in [-0.4, -0.2) is 44.3 Å². The molecule has 114 valence electrons. The van der Waals surface area contributed by atoms with Gasteiger partial charge in [0.05, 0.1) is 0 Å². The molecule has 0 amide bonds. The Morgan fingerprint density at radius 1 is 1.14 bits per heavy atom. The molecule has 0 bridgehead atoms. The van der Waals surface area contributed by atoms with Crippen LogP contribution >= 0.6 is 0 Å². The van der Waals surface area contributed by atoms with E-state index in [1.807, 2.05) is 0 Å². The summed E-state index contributed by atoms with van der Waals surface area (Å²) in [4.78, 5) is 2.76. The molecule has 2 aliphatic heterocycles. The number of hydrogen-bond acceptors (Lipinski definition) is 3. The third kappa shape index (κ3) is 1.98. The van der Waals surface area contributed by atoms with Crippen molar-refractivity contribution in [1.82, 2.24) is 10.2 Å². The second-order valence-corrected chi connectivity index (χ2v) is 6.81. The lowest BCUT2D eigenvalue weighted by Gasteiger charge is -2.45. The van der Waals surface area contributed by atoms with Crippen molar-refractivity contribution in [3.8, 4) is 0 Å². The van der Waals surface area contributed by atoms with Crippen molar-refractivity contribution in [3.63, 3.8) is 0 Å². The fraction of sp³-hybridized carbons (Fsp3) is 0.667. The Hall–Kier alpha value is -0.900. The van der Waals surface area contributed by atoms with Crippen molar-refractivity contribution in [3.05, 3.63) is 35.4 Å². The molecule has 21 heavy (non-hydrogen) atoms. The number of ether oxygens (including phenoxy) is 1. The molecule has 0 unspecified atom stereocenters. The zero-order valence-corrected chi connectivity index (χ0v) is 13.0. The second-order valence-electron chi connectivity index (χ2n) is 6.81. The third-order valence-corrected chi connectivity index (χ3v) is 5.94. The molecule has 4 rings (SSSR count). The summed E-state index contributed by atoms with van der Waals surface area (Å²) >= 11 is 0. The number of likely N-dealkylation sites (tertiary alicyclic amines) is 1. The second kappa shape index (κ2) is 5.38. The van der Waals surface area contributed by atoms with Crippen molar-refractivity contribution >= 4 is 0 Å². The summed E-state index contributed by atoms with van der Waals surface area (Å²) in [5.41, 5.74) is 3.41. The Morgan fingerprint density at radius 2 is 1.86 bits per heavy atom. The van der Waals surface area contributed by atoms with Gasteiger partial charge in [0, 0.05) is 30.7 Å². The highest BCUT2D eigenvalue weighted by atomic mass is 16.5. The largest absolute Gasteiger partial charge is 0.381 e. The van der Waals surface area contributed by atoms with Crippen molar-refractivity contribution in [2.24, 2.45) is 0 Å². The first-order valence-corrected chi connectivity index (χ1v) is 8.45. The van der Waals surface area contributed by atoms with E-state index in [9.17, 15) is 0 Å². The van der Waals surface area contributed by atoms with E-state index < -0.39 is 0 Å². The predicted octanol–water partition coefficient (Wildman–Crippen LogP) is 2.47. The van der Waals surface area contributed by atoms with Gasteiger partial charge < -0.3 is 10.1 Å². The van der Waals surface area contributed by atoms with Gasteiger partial charge in [-0.3, -0.25) is 4.90 Å². The smallest absolute Gasteiger partial charge is 0.0487 e. The zero-order chi connectivity index (χ0) is 14.3. The summed E-state index contributed by atoms with van der Waals surface area (Å²) in [6.45, 7) is 4.35. The SMILES string of the molecule is CN[C@H]1c2ccccc2C2(CCOCC2)[C@@H]1N1CCCC1. The van der Waals surface area contributed by atoms with Crippen LogP contribution in [0.1, 0.15) is 42.9 Å². The van der Waals surface area contributed by atoms with E-state index in [4.69, 9.17) is 4.74 Å². The zero-order valence-electron chi connectivity index (χ0n) is 13.0. The predicted molar refractivity (Wildman–Crippen MR) is 84.6 cm³/mol. The Kier molecular flexibility index (Phi) is 3.52. The van der Waals surface area contributed by atoms with Gasteiger partial charge in [0.15, 0.2) is 0 Å². The van der Waals surface area contributed by atoms with Crippen LogP contribution in [0.4, 0.5) is 0 Å². The molecule has 2 saturated heterocycles. The molecular weight excluding hydrogens is 260 g/mol. The van der Waals surface area contributed by atoms with Crippen LogP contribution in [-0.2, 0) is 10.2 Å². The highest BCUT2D eigenvalue weighted by Crippen LogP contribution is 2.53. The molecule has 0 saturated carbocycles. The van der Waals surface area contributed by atoms with Crippen LogP contribution in [0, 0.1) is 0 Å². The Morgan fingerprint density at radius 3 is 2.57 bits per heavy atom. The first-order valence-electron chi connectivity index (χ1n) is 8.45. The van der Waals surface area contributed by atoms with Gasteiger partial charge in [0.1, 0.15) is 0 Å². The summed E-state index contributed by atoms with van der Waals surface area (Å²) in [6.07, 6.45) is 5.05. The Bertz CT molecular complexity index is 504. The van der Waals surface area contributed by atoms with Crippen LogP contribution in [0.3, 0.4) is 0 Å². The molecule has 2 heterocycles. The Labute approximate surface area is 127 Å². The molecule has 1 aromatic carbocycles. The van der Waals surface area contributed by atoms with E-state index in [-0.39, 0.29) is 0 Å². The summed E-state index contributed by atoms with van der Waals surface area (Å²) in [5.74, 6) is 0. The number of nitrogens with one attached hydrogen (secondary N) is 1. The van der Waals surface area contributed by atoms with Crippen molar-refractivity contribution in [2.75, 3.05) is 33.4 Å². The molecule has 1 N–H and O–H groups in total. The van der Waals surface area contributed by atoms with Gasteiger partial charge in [-0.1, -0.05) is 24.3 Å². The van der Waals surface area contributed by atoms with Gasteiger partial charge in [-0.25, -0.2) is 0 Å². The van der Waals surface area contributed by atoms with E-state index in [2.05, 4.69) is 41.5 Å². The number of rotatable bonds is 2. The topological polar surface area (TPSA) is 24.5 Å². The van der Waals surface area contributed by atoms with Crippen LogP contribution in [0.5, 0.6) is 0 Å². The lowest BCUT2D eigenvalue weighted by molar-refractivity contribution is 0.00793. The van der Waals surface area contributed by atoms with Gasteiger partial charge in [0.25, 0.3) is 0 Å². The standard InChI is InChI=1S/C18H26N2O/c1-19-16-14-6-2-3-7-15(14)18(8-12-21-13-9-18)17(16)20-10-4-5-11-20/h2-3,6-7,16-17,19H,4-5,8-13H2,1H3/t16-,17+/m0/s1. The molecule has 1 spiro atoms. The lowest BCUT2D eigenvalue weighted by atomic mass is 9.71. The maximum atomic E-state index is 5.71. The van der Waals surface area contributed by atoms with E-state index >= 15 is 0 Å².